The van der Waals surface area contributed by atoms with E-state index in [0.29, 0.717) is 12.4 Å². The molecule has 1 aromatic rings. The molecule has 1 aliphatic heterocycles. The quantitative estimate of drug-likeness (QED) is 0.851. The number of fused-ring (bicyclic) bond motifs is 1. The van der Waals surface area contributed by atoms with Gasteiger partial charge >= 0.3 is 5.97 Å². The Morgan fingerprint density at radius 1 is 1.55 bits per heavy atom. The molecule has 1 amide bonds. The van der Waals surface area contributed by atoms with Crippen molar-refractivity contribution in [3.05, 3.63) is 23.8 Å². The van der Waals surface area contributed by atoms with Crippen LogP contribution in [0, 0.1) is 6.92 Å². The second-order valence-corrected chi connectivity index (χ2v) is 5.68. The van der Waals surface area contributed by atoms with Gasteiger partial charge in [0.2, 0.25) is 5.91 Å². The summed E-state index contributed by atoms with van der Waals surface area (Å²) in [5.41, 5.74) is 7.71. The van der Waals surface area contributed by atoms with Gasteiger partial charge in [0.05, 0.1) is 18.3 Å². The van der Waals surface area contributed by atoms with Gasteiger partial charge in [-0.2, -0.15) is 0 Å². The molecule has 2 N–H and O–H groups in total. The molecule has 2 rings (SSSR count). The smallest absolute Gasteiger partial charge is 0.326 e. The highest BCUT2D eigenvalue weighted by molar-refractivity contribution is 7.99. The molecule has 1 aliphatic rings. The van der Waals surface area contributed by atoms with Gasteiger partial charge < -0.3 is 10.5 Å². The molecule has 1 aromatic carbocycles. The lowest BCUT2D eigenvalue weighted by molar-refractivity contribution is -0.142. The van der Waals surface area contributed by atoms with Crippen molar-refractivity contribution in [3.8, 4) is 0 Å². The van der Waals surface area contributed by atoms with Crippen LogP contribution < -0.4 is 10.6 Å². The minimum Gasteiger partial charge on any atom is -0.465 e. The van der Waals surface area contributed by atoms with E-state index in [-0.39, 0.29) is 12.5 Å². The van der Waals surface area contributed by atoms with E-state index in [0.717, 1.165) is 16.1 Å². The van der Waals surface area contributed by atoms with Crippen molar-refractivity contribution >= 4 is 29.3 Å². The summed E-state index contributed by atoms with van der Waals surface area (Å²) in [5, 5.41) is 0. The summed E-state index contributed by atoms with van der Waals surface area (Å²) in [4.78, 5) is 26.4. The minimum absolute atomic E-state index is 0.100. The average molecular weight is 294 g/mol. The summed E-state index contributed by atoms with van der Waals surface area (Å²) in [5.74, 6) is -0.158. The Morgan fingerprint density at radius 2 is 2.30 bits per heavy atom. The number of nitrogens with zero attached hydrogens (tertiary/aromatic N) is 1. The molecule has 6 heteroatoms. The molecule has 1 atom stereocenters. The zero-order valence-corrected chi connectivity index (χ0v) is 12.4. The zero-order chi connectivity index (χ0) is 14.7. The second-order valence-electron chi connectivity index (χ2n) is 4.62. The van der Waals surface area contributed by atoms with Gasteiger partial charge in [0.25, 0.3) is 0 Å². The fraction of sp³-hybridized carbons (Fsp3) is 0.429. The zero-order valence-electron chi connectivity index (χ0n) is 11.6. The Bertz CT molecular complexity index is 533. The number of benzene rings is 1. The van der Waals surface area contributed by atoms with Gasteiger partial charge in [-0.1, -0.05) is 6.07 Å². The number of ether oxygens (including phenoxy) is 1. The number of anilines is 1. The van der Waals surface area contributed by atoms with Crippen molar-refractivity contribution < 1.29 is 14.3 Å². The first-order chi connectivity index (χ1) is 9.52. The highest BCUT2D eigenvalue weighted by Crippen LogP contribution is 2.34. The molecule has 0 saturated carbocycles. The van der Waals surface area contributed by atoms with E-state index >= 15 is 0 Å². The van der Waals surface area contributed by atoms with Crippen LogP contribution in [0.2, 0.25) is 0 Å². The molecule has 5 nitrogen and oxygen atoms in total. The number of aryl methyl sites for hydroxylation is 1. The van der Waals surface area contributed by atoms with E-state index in [1.165, 1.54) is 4.90 Å². The van der Waals surface area contributed by atoms with Gasteiger partial charge in [-0.3, -0.25) is 14.5 Å². The van der Waals surface area contributed by atoms with E-state index < -0.39 is 12.0 Å². The molecule has 0 fully saturated rings. The monoisotopic (exact) mass is 294 g/mol. The lowest BCUT2D eigenvalue weighted by Gasteiger charge is -2.23. The van der Waals surface area contributed by atoms with E-state index in [1.54, 1.807) is 18.7 Å². The molecule has 0 saturated heterocycles. The maximum atomic E-state index is 12.3. The molecular weight excluding hydrogens is 276 g/mol. The van der Waals surface area contributed by atoms with Crippen LogP contribution >= 0.6 is 11.8 Å². The Morgan fingerprint density at radius 3 is 3.00 bits per heavy atom. The van der Waals surface area contributed by atoms with Gasteiger partial charge in [0, 0.05) is 10.6 Å². The lowest BCUT2D eigenvalue weighted by Crippen LogP contribution is -2.46. The van der Waals surface area contributed by atoms with Crippen LogP contribution in [0.15, 0.2) is 23.1 Å². The van der Waals surface area contributed by atoms with E-state index in [1.807, 2.05) is 25.1 Å². The van der Waals surface area contributed by atoms with Crippen molar-refractivity contribution in [1.29, 1.82) is 0 Å². The Labute approximate surface area is 122 Å². The summed E-state index contributed by atoms with van der Waals surface area (Å²) >= 11 is 1.54. The Balaban J connectivity index is 2.35. The Hall–Kier alpha value is -1.53. The third kappa shape index (κ3) is 3.13. The van der Waals surface area contributed by atoms with Crippen LogP contribution in [0.1, 0.15) is 12.5 Å². The maximum absolute atomic E-state index is 12.3. The van der Waals surface area contributed by atoms with Crippen molar-refractivity contribution in [2.45, 2.75) is 24.8 Å². The van der Waals surface area contributed by atoms with Gasteiger partial charge in [-0.05, 0) is 31.5 Å². The van der Waals surface area contributed by atoms with Crippen LogP contribution in [0.25, 0.3) is 0 Å². The molecule has 0 aliphatic carbocycles. The standard InChI is InChI=1S/C14H18N2O3S/c1-3-19-13(17)7-16-11-5-4-9(2)6-12(11)20-8-10(15)14(16)18/h4-6,10H,3,7-8,15H2,1-2H3/t10-/m1/s1. The largest absolute Gasteiger partial charge is 0.465 e. The number of carbonyl (C=O) groups excluding carboxylic acids is 2. The number of thioether (sulfide) groups is 1. The number of hydrogen-bond acceptors (Lipinski definition) is 5. The summed E-state index contributed by atoms with van der Waals surface area (Å²) < 4.78 is 4.93. The summed E-state index contributed by atoms with van der Waals surface area (Å²) in [6.45, 7) is 3.92. The predicted octanol–water partition coefficient (Wildman–Crippen LogP) is 1.32. The van der Waals surface area contributed by atoms with Gasteiger partial charge in [-0.25, -0.2) is 0 Å². The van der Waals surface area contributed by atoms with E-state index in [9.17, 15) is 9.59 Å². The molecule has 0 bridgehead atoms. The topological polar surface area (TPSA) is 72.6 Å². The minimum atomic E-state index is -0.609. The number of rotatable bonds is 3. The first-order valence-electron chi connectivity index (χ1n) is 6.49. The molecular formula is C14H18N2O3S. The van der Waals surface area contributed by atoms with Gasteiger partial charge in [-0.15, -0.1) is 11.8 Å². The van der Waals surface area contributed by atoms with E-state index in [2.05, 4.69) is 0 Å². The number of hydrogen-bond donors (Lipinski definition) is 1. The van der Waals surface area contributed by atoms with E-state index in [4.69, 9.17) is 10.5 Å². The Kier molecular flexibility index (Phi) is 4.67. The SMILES string of the molecule is CCOC(=O)CN1C(=O)[C@H](N)CSc2cc(C)ccc21. The third-order valence-electron chi connectivity index (χ3n) is 3.00. The van der Waals surface area contributed by atoms with Crippen molar-refractivity contribution in [1.82, 2.24) is 0 Å². The first kappa shape index (κ1) is 14.9. The van der Waals surface area contributed by atoms with Gasteiger partial charge in [0.15, 0.2) is 0 Å². The van der Waals surface area contributed by atoms with Crippen molar-refractivity contribution in [3.63, 3.8) is 0 Å². The van der Waals surface area contributed by atoms with Crippen molar-refractivity contribution in [2.24, 2.45) is 5.73 Å². The normalized spacial score (nSPS) is 18.4. The molecule has 108 valence electrons. The molecule has 0 aromatic heterocycles. The van der Waals surface area contributed by atoms with Crippen LogP contribution in [-0.4, -0.2) is 36.8 Å². The second kappa shape index (κ2) is 6.28. The van der Waals surface area contributed by atoms with Crippen molar-refractivity contribution in [2.75, 3.05) is 23.8 Å². The summed E-state index contributed by atoms with van der Waals surface area (Å²) in [6, 6.07) is 5.17. The molecule has 0 spiro atoms. The van der Waals surface area contributed by atoms with Crippen LogP contribution in [0.4, 0.5) is 5.69 Å². The highest BCUT2D eigenvalue weighted by atomic mass is 32.2. The number of esters is 1. The maximum Gasteiger partial charge on any atom is 0.326 e. The predicted molar refractivity (Wildman–Crippen MR) is 78.9 cm³/mol. The fourth-order valence-electron chi connectivity index (χ4n) is 2.03. The summed E-state index contributed by atoms with van der Waals surface area (Å²) in [7, 11) is 0. The van der Waals surface area contributed by atoms with Gasteiger partial charge in [0.1, 0.15) is 6.54 Å². The summed E-state index contributed by atoms with van der Waals surface area (Å²) in [6.07, 6.45) is 0. The number of nitrogens with two attached hydrogens (primary N) is 1. The first-order valence-corrected chi connectivity index (χ1v) is 7.47. The molecule has 0 radical (unpaired) electrons. The molecule has 20 heavy (non-hydrogen) atoms. The molecule has 0 unspecified atom stereocenters. The molecule has 1 heterocycles. The third-order valence-corrected chi connectivity index (χ3v) is 4.16. The average Bonchev–Trinajstić information content (AvgIpc) is 2.51. The number of amides is 1. The van der Waals surface area contributed by atoms with Crippen LogP contribution in [0.5, 0.6) is 0 Å². The number of carbonyl (C=O) groups is 2. The van der Waals surface area contributed by atoms with Crippen LogP contribution in [-0.2, 0) is 14.3 Å². The fourth-order valence-corrected chi connectivity index (χ4v) is 3.13. The highest BCUT2D eigenvalue weighted by Gasteiger charge is 2.30. The lowest BCUT2D eigenvalue weighted by atomic mass is 10.2. The van der Waals surface area contributed by atoms with Crippen LogP contribution in [0.3, 0.4) is 0 Å².